The predicted octanol–water partition coefficient (Wildman–Crippen LogP) is 3.33. The van der Waals surface area contributed by atoms with E-state index < -0.39 is 27.8 Å². The van der Waals surface area contributed by atoms with E-state index in [9.17, 15) is 23.1 Å². The molecule has 2 aromatic rings. The van der Waals surface area contributed by atoms with Gasteiger partial charge in [-0.2, -0.15) is 0 Å². The van der Waals surface area contributed by atoms with Crippen LogP contribution in [0.25, 0.3) is 0 Å². The second-order valence-electron chi connectivity index (χ2n) is 7.18. The van der Waals surface area contributed by atoms with E-state index in [1.54, 1.807) is 24.3 Å². The molecule has 0 aromatic heterocycles. The van der Waals surface area contributed by atoms with Gasteiger partial charge in [0.15, 0.2) is 0 Å². The van der Waals surface area contributed by atoms with E-state index in [1.807, 2.05) is 0 Å². The molecule has 0 saturated heterocycles. The summed E-state index contributed by atoms with van der Waals surface area (Å²) in [6, 6.07) is 12.2. The van der Waals surface area contributed by atoms with Crippen LogP contribution >= 0.6 is 0 Å². The van der Waals surface area contributed by atoms with Crippen LogP contribution in [-0.4, -0.2) is 32.5 Å². The number of rotatable bonds is 7. The molecule has 9 heteroatoms. The number of anilines is 2. The third-order valence-electron chi connectivity index (χ3n) is 5.19. The summed E-state index contributed by atoms with van der Waals surface area (Å²) in [6.45, 7) is 0. The lowest BCUT2D eigenvalue weighted by Crippen LogP contribution is -2.36. The lowest BCUT2D eigenvalue weighted by Gasteiger charge is -2.27. The Morgan fingerprint density at radius 1 is 0.933 bits per heavy atom. The van der Waals surface area contributed by atoms with E-state index in [1.165, 1.54) is 31.4 Å². The lowest BCUT2D eigenvalue weighted by atomic mass is 9.78. The van der Waals surface area contributed by atoms with E-state index in [-0.39, 0.29) is 10.8 Å². The molecule has 0 spiro atoms. The van der Waals surface area contributed by atoms with Crippen molar-refractivity contribution in [2.75, 3.05) is 17.1 Å². The monoisotopic (exact) mass is 432 g/mol. The largest absolute Gasteiger partial charge is 0.497 e. The van der Waals surface area contributed by atoms with Gasteiger partial charge in [-0.1, -0.05) is 12.8 Å². The normalized spacial score (nSPS) is 19.0. The number of carbonyl (C=O) groups excluding carboxylic acids is 1. The molecular weight excluding hydrogens is 408 g/mol. The summed E-state index contributed by atoms with van der Waals surface area (Å²) in [6.07, 6.45) is 2.63. The van der Waals surface area contributed by atoms with Crippen LogP contribution in [0.1, 0.15) is 25.7 Å². The summed E-state index contributed by atoms with van der Waals surface area (Å²) >= 11 is 0. The SMILES string of the molecule is COc1ccc(NS(=O)(=O)c2ccc(NC(=O)[C@@H]3CCCC[C@@H]3C(=O)O)cc2)cc1. The summed E-state index contributed by atoms with van der Waals surface area (Å²) < 4.78 is 32.6. The first-order valence-electron chi connectivity index (χ1n) is 9.61. The number of methoxy groups -OCH3 is 1. The Kier molecular flexibility index (Phi) is 6.61. The van der Waals surface area contributed by atoms with Crippen molar-refractivity contribution in [1.82, 2.24) is 0 Å². The number of carboxylic acid groups (broad SMARTS) is 1. The third-order valence-corrected chi connectivity index (χ3v) is 6.59. The number of sulfonamides is 1. The highest BCUT2D eigenvalue weighted by Crippen LogP contribution is 2.31. The molecule has 0 heterocycles. The van der Waals surface area contributed by atoms with E-state index in [2.05, 4.69) is 10.0 Å². The summed E-state index contributed by atoms with van der Waals surface area (Å²) in [7, 11) is -2.28. The van der Waals surface area contributed by atoms with Crippen molar-refractivity contribution in [3.8, 4) is 5.75 Å². The van der Waals surface area contributed by atoms with Crippen LogP contribution in [0, 0.1) is 11.8 Å². The Labute approximate surface area is 175 Å². The first kappa shape index (κ1) is 21.6. The fourth-order valence-electron chi connectivity index (χ4n) is 3.57. The second kappa shape index (κ2) is 9.17. The van der Waals surface area contributed by atoms with Gasteiger partial charge < -0.3 is 15.2 Å². The number of hydrogen-bond donors (Lipinski definition) is 3. The highest BCUT2D eigenvalue weighted by Gasteiger charge is 2.35. The molecule has 1 fully saturated rings. The van der Waals surface area contributed by atoms with Crippen LogP contribution in [-0.2, 0) is 19.6 Å². The van der Waals surface area contributed by atoms with Gasteiger partial charge in [0.25, 0.3) is 10.0 Å². The molecule has 0 unspecified atom stereocenters. The zero-order valence-corrected chi connectivity index (χ0v) is 17.3. The summed E-state index contributed by atoms with van der Waals surface area (Å²) in [5.74, 6) is -1.97. The van der Waals surface area contributed by atoms with Gasteiger partial charge >= 0.3 is 5.97 Å². The van der Waals surface area contributed by atoms with Crippen LogP contribution < -0.4 is 14.8 Å². The fraction of sp³-hybridized carbons (Fsp3) is 0.333. The Hall–Kier alpha value is -3.07. The average Bonchev–Trinajstić information content (AvgIpc) is 2.74. The van der Waals surface area contributed by atoms with E-state index in [0.717, 1.165) is 12.8 Å². The van der Waals surface area contributed by atoms with Crippen molar-refractivity contribution in [2.24, 2.45) is 11.8 Å². The van der Waals surface area contributed by atoms with Crippen molar-refractivity contribution >= 4 is 33.3 Å². The van der Waals surface area contributed by atoms with Gasteiger partial charge in [0.2, 0.25) is 5.91 Å². The minimum absolute atomic E-state index is 0.0393. The molecule has 3 rings (SSSR count). The highest BCUT2D eigenvalue weighted by atomic mass is 32.2. The van der Waals surface area contributed by atoms with Crippen molar-refractivity contribution in [3.63, 3.8) is 0 Å². The number of carboxylic acids is 1. The molecule has 30 heavy (non-hydrogen) atoms. The third kappa shape index (κ3) is 5.10. The zero-order valence-electron chi connectivity index (χ0n) is 16.5. The molecule has 8 nitrogen and oxygen atoms in total. The first-order chi connectivity index (χ1) is 14.3. The lowest BCUT2D eigenvalue weighted by molar-refractivity contribution is -0.147. The topological polar surface area (TPSA) is 122 Å². The van der Waals surface area contributed by atoms with Gasteiger partial charge in [-0.3, -0.25) is 14.3 Å². The molecule has 1 aliphatic rings. The minimum Gasteiger partial charge on any atom is -0.497 e. The summed E-state index contributed by atoms with van der Waals surface area (Å²) in [5, 5.41) is 12.0. The Bertz CT molecular complexity index is 1000. The van der Waals surface area contributed by atoms with Gasteiger partial charge in [0.05, 0.1) is 23.8 Å². The van der Waals surface area contributed by atoms with Crippen molar-refractivity contribution in [3.05, 3.63) is 48.5 Å². The van der Waals surface area contributed by atoms with Crippen LogP contribution in [0.2, 0.25) is 0 Å². The molecular formula is C21H24N2O6S. The number of benzene rings is 2. The van der Waals surface area contributed by atoms with Gasteiger partial charge in [-0.15, -0.1) is 0 Å². The van der Waals surface area contributed by atoms with Gasteiger partial charge in [-0.25, -0.2) is 8.42 Å². The Morgan fingerprint density at radius 2 is 1.50 bits per heavy atom. The molecule has 1 amide bonds. The van der Waals surface area contributed by atoms with Gasteiger partial charge in [-0.05, 0) is 61.4 Å². The van der Waals surface area contributed by atoms with Crippen LogP contribution in [0.3, 0.4) is 0 Å². The molecule has 0 radical (unpaired) electrons. The van der Waals surface area contributed by atoms with Crippen LogP contribution in [0.5, 0.6) is 5.75 Å². The number of ether oxygens (including phenoxy) is 1. The molecule has 2 atom stereocenters. The summed E-state index contributed by atoms with van der Waals surface area (Å²) in [5.41, 5.74) is 0.809. The number of aliphatic carboxylic acids is 1. The molecule has 0 bridgehead atoms. The zero-order chi connectivity index (χ0) is 21.7. The Morgan fingerprint density at radius 3 is 2.07 bits per heavy atom. The fourth-order valence-corrected chi connectivity index (χ4v) is 4.62. The quantitative estimate of drug-likeness (QED) is 0.617. The average molecular weight is 432 g/mol. The molecule has 3 N–H and O–H groups in total. The van der Waals surface area contributed by atoms with Crippen LogP contribution in [0.15, 0.2) is 53.4 Å². The van der Waals surface area contributed by atoms with E-state index in [4.69, 9.17) is 4.74 Å². The minimum atomic E-state index is -3.80. The summed E-state index contributed by atoms with van der Waals surface area (Å²) in [4.78, 5) is 24.0. The first-order valence-corrected chi connectivity index (χ1v) is 11.1. The molecule has 160 valence electrons. The molecule has 2 aromatic carbocycles. The van der Waals surface area contributed by atoms with Crippen molar-refractivity contribution in [1.29, 1.82) is 0 Å². The highest BCUT2D eigenvalue weighted by molar-refractivity contribution is 7.92. The molecule has 0 aliphatic heterocycles. The second-order valence-corrected chi connectivity index (χ2v) is 8.87. The number of carbonyl (C=O) groups is 2. The van der Waals surface area contributed by atoms with Crippen molar-refractivity contribution < 1.29 is 27.9 Å². The van der Waals surface area contributed by atoms with Gasteiger partial charge in [0, 0.05) is 11.4 Å². The standard InChI is InChI=1S/C21H24N2O6S/c1-29-16-10-6-15(7-11-16)23-30(27,28)17-12-8-14(9-13-17)22-20(24)18-4-2-3-5-19(18)21(25)26/h6-13,18-19,23H,2-5H2,1H3,(H,22,24)(H,25,26)/t18-,19+/m1/s1. The molecule has 1 saturated carbocycles. The van der Waals surface area contributed by atoms with Crippen LogP contribution in [0.4, 0.5) is 11.4 Å². The number of hydrogen-bond acceptors (Lipinski definition) is 5. The number of nitrogens with one attached hydrogen (secondary N) is 2. The van der Waals surface area contributed by atoms with Gasteiger partial charge in [0.1, 0.15) is 5.75 Å². The Balaban J connectivity index is 1.67. The van der Waals surface area contributed by atoms with Crippen molar-refractivity contribution in [2.45, 2.75) is 30.6 Å². The maximum Gasteiger partial charge on any atom is 0.307 e. The predicted molar refractivity (Wildman–Crippen MR) is 112 cm³/mol. The number of amides is 1. The van der Waals surface area contributed by atoms with E-state index >= 15 is 0 Å². The maximum absolute atomic E-state index is 12.6. The smallest absolute Gasteiger partial charge is 0.307 e. The molecule has 1 aliphatic carbocycles. The van der Waals surface area contributed by atoms with E-state index in [0.29, 0.717) is 30.0 Å². The maximum atomic E-state index is 12.6.